The fourth-order valence-corrected chi connectivity index (χ4v) is 3.67. The van der Waals surface area contributed by atoms with E-state index in [9.17, 15) is 4.79 Å². The second-order valence-corrected chi connectivity index (χ2v) is 7.34. The Kier molecular flexibility index (Phi) is 6.42. The van der Waals surface area contributed by atoms with E-state index in [1.807, 2.05) is 24.3 Å². The molecule has 0 bridgehead atoms. The summed E-state index contributed by atoms with van der Waals surface area (Å²) in [6.07, 6.45) is 5.51. The van der Waals surface area contributed by atoms with E-state index in [-0.39, 0.29) is 5.91 Å². The number of anilines is 1. The largest absolute Gasteiger partial charge is 0.480 e. The molecule has 0 aliphatic rings. The molecular weight excluding hydrogens is 428 g/mol. The van der Waals surface area contributed by atoms with E-state index in [1.54, 1.807) is 31.6 Å². The van der Waals surface area contributed by atoms with Gasteiger partial charge in [0.2, 0.25) is 5.88 Å². The monoisotopic (exact) mass is 448 g/mol. The highest BCUT2D eigenvalue weighted by atomic mass is 35.5. The van der Waals surface area contributed by atoms with Crippen molar-refractivity contribution in [2.75, 3.05) is 26.0 Å². The maximum atomic E-state index is 12.2. The van der Waals surface area contributed by atoms with Gasteiger partial charge in [0.1, 0.15) is 17.2 Å². The van der Waals surface area contributed by atoms with Crippen molar-refractivity contribution in [3.8, 4) is 17.1 Å². The first kappa shape index (κ1) is 21.5. The Labute approximate surface area is 190 Å². The maximum absolute atomic E-state index is 12.2. The van der Waals surface area contributed by atoms with E-state index < -0.39 is 0 Å². The van der Waals surface area contributed by atoms with Crippen LogP contribution in [-0.4, -0.2) is 46.5 Å². The lowest BCUT2D eigenvalue weighted by Gasteiger charge is -2.11. The number of ether oxygens (including phenoxy) is 1. The average Bonchev–Trinajstić information content (AvgIpc) is 2.83. The van der Waals surface area contributed by atoms with Gasteiger partial charge in [-0.3, -0.25) is 9.78 Å². The van der Waals surface area contributed by atoms with Crippen LogP contribution in [0.4, 0.5) is 5.82 Å². The van der Waals surface area contributed by atoms with Gasteiger partial charge in [-0.1, -0.05) is 29.8 Å². The summed E-state index contributed by atoms with van der Waals surface area (Å²) in [6, 6.07) is 11.2. The molecule has 0 unspecified atom stereocenters. The highest BCUT2D eigenvalue weighted by Crippen LogP contribution is 2.27. The Morgan fingerprint density at radius 2 is 2.00 bits per heavy atom. The molecule has 162 valence electrons. The summed E-state index contributed by atoms with van der Waals surface area (Å²) in [5.74, 6) is 0.918. The van der Waals surface area contributed by atoms with Crippen molar-refractivity contribution in [1.29, 1.82) is 0 Å². The van der Waals surface area contributed by atoms with Crippen molar-refractivity contribution >= 4 is 34.2 Å². The quantitative estimate of drug-likeness (QED) is 0.443. The molecule has 0 aliphatic carbocycles. The van der Waals surface area contributed by atoms with Crippen molar-refractivity contribution in [2.45, 2.75) is 6.42 Å². The molecule has 3 heterocycles. The second-order valence-electron chi connectivity index (χ2n) is 6.93. The molecule has 4 aromatic rings. The molecule has 1 amide bonds. The first-order chi connectivity index (χ1) is 15.6. The van der Waals surface area contributed by atoms with Gasteiger partial charge < -0.3 is 15.4 Å². The van der Waals surface area contributed by atoms with Gasteiger partial charge in [-0.05, 0) is 24.1 Å². The molecule has 0 radical (unpaired) electrons. The number of carbonyl (C=O) groups excluding carboxylic acids is 1. The SMILES string of the molecule is CNC(=O)c1ccnc2c(CCNc3cc(-c4cnc(OC)c(Cl)c4)ncn3)cccc12. The molecule has 0 fully saturated rings. The summed E-state index contributed by atoms with van der Waals surface area (Å²) in [4.78, 5) is 29.4. The summed E-state index contributed by atoms with van der Waals surface area (Å²) in [6.45, 7) is 0.628. The van der Waals surface area contributed by atoms with E-state index in [4.69, 9.17) is 16.3 Å². The Hall–Kier alpha value is -3.78. The highest BCUT2D eigenvalue weighted by Gasteiger charge is 2.12. The molecule has 0 saturated heterocycles. The van der Waals surface area contributed by atoms with Crippen LogP contribution in [0.25, 0.3) is 22.2 Å². The molecule has 0 saturated carbocycles. The number of methoxy groups -OCH3 is 1. The maximum Gasteiger partial charge on any atom is 0.251 e. The third-order valence-corrected chi connectivity index (χ3v) is 5.26. The van der Waals surface area contributed by atoms with Gasteiger partial charge >= 0.3 is 0 Å². The van der Waals surface area contributed by atoms with Crippen molar-refractivity contribution in [3.63, 3.8) is 0 Å². The number of hydrogen-bond donors (Lipinski definition) is 2. The smallest absolute Gasteiger partial charge is 0.251 e. The lowest BCUT2D eigenvalue weighted by atomic mass is 10.0. The minimum absolute atomic E-state index is 0.130. The highest BCUT2D eigenvalue weighted by molar-refractivity contribution is 6.32. The first-order valence-electron chi connectivity index (χ1n) is 9.95. The predicted molar refractivity (Wildman–Crippen MR) is 124 cm³/mol. The molecular formula is C23H21ClN6O2. The molecule has 3 aromatic heterocycles. The predicted octanol–water partition coefficient (Wildman–Crippen LogP) is 3.76. The van der Waals surface area contributed by atoms with Crippen LogP contribution in [0.5, 0.6) is 5.88 Å². The van der Waals surface area contributed by atoms with Crippen LogP contribution < -0.4 is 15.4 Å². The first-order valence-corrected chi connectivity index (χ1v) is 10.3. The average molecular weight is 449 g/mol. The number of carbonyl (C=O) groups is 1. The van der Waals surface area contributed by atoms with Gasteiger partial charge in [-0.25, -0.2) is 15.0 Å². The van der Waals surface area contributed by atoms with Crippen molar-refractivity contribution < 1.29 is 9.53 Å². The third-order valence-electron chi connectivity index (χ3n) is 4.99. The number of rotatable bonds is 7. The number of amides is 1. The number of fused-ring (bicyclic) bond motifs is 1. The topological polar surface area (TPSA) is 102 Å². The minimum atomic E-state index is -0.130. The lowest BCUT2D eigenvalue weighted by molar-refractivity contribution is 0.0964. The van der Waals surface area contributed by atoms with Crippen LogP contribution in [0.15, 0.2) is 55.1 Å². The zero-order chi connectivity index (χ0) is 22.5. The number of aromatic nitrogens is 4. The number of nitrogens with zero attached hydrogens (tertiary/aromatic N) is 4. The van der Waals surface area contributed by atoms with Crippen LogP contribution in [0, 0.1) is 0 Å². The molecule has 2 N–H and O–H groups in total. The second kappa shape index (κ2) is 9.57. The fourth-order valence-electron chi connectivity index (χ4n) is 3.42. The summed E-state index contributed by atoms with van der Waals surface area (Å²) in [7, 11) is 3.14. The molecule has 1 aromatic carbocycles. The number of nitrogens with one attached hydrogen (secondary N) is 2. The van der Waals surface area contributed by atoms with Gasteiger partial charge in [0.15, 0.2) is 0 Å². The van der Waals surface area contributed by atoms with Crippen LogP contribution in [0.1, 0.15) is 15.9 Å². The number of pyridine rings is 2. The van der Waals surface area contributed by atoms with E-state index in [0.29, 0.717) is 40.9 Å². The van der Waals surface area contributed by atoms with E-state index >= 15 is 0 Å². The zero-order valence-corrected chi connectivity index (χ0v) is 18.3. The van der Waals surface area contributed by atoms with Crippen molar-refractivity contribution in [3.05, 3.63) is 71.3 Å². The molecule has 0 spiro atoms. The summed E-state index contributed by atoms with van der Waals surface area (Å²) in [5.41, 5.74) is 3.93. The third kappa shape index (κ3) is 4.45. The van der Waals surface area contributed by atoms with Gasteiger partial charge in [0.25, 0.3) is 5.91 Å². The van der Waals surface area contributed by atoms with Crippen LogP contribution in [-0.2, 0) is 6.42 Å². The van der Waals surface area contributed by atoms with Gasteiger partial charge in [-0.15, -0.1) is 0 Å². The van der Waals surface area contributed by atoms with Crippen molar-refractivity contribution in [1.82, 2.24) is 25.3 Å². The van der Waals surface area contributed by atoms with E-state index in [1.165, 1.54) is 13.4 Å². The number of hydrogen-bond acceptors (Lipinski definition) is 7. The Morgan fingerprint density at radius 3 is 2.78 bits per heavy atom. The number of halogens is 1. The van der Waals surface area contributed by atoms with Gasteiger partial charge in [-0.2, -0.15) is 0 Å². The fraction of sp³-hybridized carbons (Fsp3) is 0.174. The summed E-state index contributed by atoms with van der Waals surface area (Å²) in [5, 5.41) is 7.24. The van der Waals surface area contributed by atoms with Crippen molar-refractivity contribution in [2.24, 2.45) is 0 Å². The Morgan fingerprint density at radius 1 is 1.12 bits per heavy atom. The molecule has 8 nitrogen and oxygen atoms in total. The van der Waals surface area contributed by atoms with Gasteiger partial charge in [0, 0.05) is 43.0 Å². The number of benzene rings is 1. The Balaban J connectivity index is 1.50. The standard InChI is InChI=1S/C23H21ClN6O2/c1-25-22(31)17-7-9-27-21-14(4-3-5-16(17)21)6-8-26-20-11-19(29-13-30-20)15-10-18(24)23(32-2)28-12-15/h3-5,7,9-13H,6,8H2,1-2H3,(H,25,31)(H,26,29,30). The van der Waals surface area contributed by atoms with Crippen LogP contribution in [0.3, 0.4) is 0 Å². The lowest BCUT2D eigenvalue weighted by Crippen LogP contribution is -2.18. The zero-order valence-electron chi connectivity index (χ0n) is 17.6. The number of para-hydroxylation sites is 1. The van der Waals surface area contributed by atoms with E-state index in [0.717, 1.165) is 22.0 Å². The molecule has 4 rings (SSSR count). The van der Waals surface area contributed by atoms with Crippen LogP contribution >= 0.6 is 11.6 Å². The molecule has 32 heavy (non-hydrogen) atoms. The normalized spacial score (nSPS) is 10.7. The van der Waals surface area contributed by atoms with E-state index in [2.05, 4.69) is 30.6 Å². The molecule has 0 atom stereocenters. The van der Waals surface area contributed by atoms with Gasteiger partial charge in [0.05, 0.1) is 23.9 Å². The van der Waals surface area contributed by atoms with Crippen LogP contribution in [0.2, 0.25) is 5.02 Å². The summed E-state index contributed by atoms with van der Waals surface area (Å²) < 4.78 is 5.10. The molecule has 9 heteroatoms. The minimum Gasteiger partial charge on any atom is -0.480 e. The molecule has 0 aliphatic heterocycles. The summed E-state index contributed by atoms with van der Waals surface area (Å²) >= 11 is 6.18. The Bertz CT molecular complexity index is 1280.